The molecule has 29 heavy (non-hydrogen) atoms. The summed E-state index contributed by atoms with van der Waals surface area (Å²) < 4.78 is 41.4. The van der Waals surface area contributed by atoms with Crippen molar-refractivity contribution in [2.24, 2.45) is 0 Å². The summed E-state index contributed by atoms with van der Waals surface area (Å²) in [6.45, 7) is 1.22. The molecule has 0 fully saturated rings. The summed E-state index contributed by atoms with van der Waals surface area (Å²) in [4.78, 5) is 23.8. The van der Waals surface area contributed by atoms with E-state index < -0.39 is 23.6 Å². The highest BCUT2D eigenvalue weighted by atomic mass is 79.9. The van der Waals surface area contributed by atoms with Gasteiger partial charge < -0.3 is 10.6 Å². The van der Waals surface area contributed by atoms with Gasteiger partial charge in [0.1, 0.15) is 0 Å². The van der Waals surface area contributed by atoms with Crippen molar-refractivity contribution in [2.75, 3.05) is 10.6 Å². The van der Waals surface area contributed by atoms with Crippen LogP contribution in [0, 0.1) is 0 Å². The van der Waals surface area contributed by atoms with Crippen LogP contribution in [-0.4, -0.2) is 21.6 Å². The van der Waals surface area contributed by atoms with E-state index >= 15 is 0 Å². The molecule has 0 saturated heterocycles. The van der Waals surface area contributed by atoms with Crippen molar-refractivity contribution in [3.8, 4) is 5.69 Å². The van der Waals surface area contributed by atoms with Crippen molar-refractivity contribution in [3.05, 3.63) is 70.5 Å². The molecule has 2 aromatic carbocycles. The molecule has 3 aromatic rings. The molecule has 0 aliphatic rings. The Morgan fingerprint density at radius 1 is 1.03 bits per heavy atom. The van der Waals surface area contributed by atoms with Gasteiger partial charge in [-0.05, 0) is 58.4 Å². The van der Waals surface area contributed by atoms with Gasteiger partial charge in [0.2, 0.25) is 5.91 Å². The third kappa shape index (κ3) is 5.02. The highest BCUT2D eigenvalue weighted by Gasteiger charge is 2.31. The topological polar surface area (TPSA) is 76.0 Å². The lowest BCUT2D eigenvalue weighted by atomic mass is 10.1. The Balaban J connectivity index is 1.86. The molecule has 2 N–H and O–H groups in total. The van der Waals surface area contributed by atoms with Crippen LogP contribution in [0.3, 0.4) is 0 Å². The summed E-state index contributed by atoms with van der Waals surface area (Å²) >= 11 is 3.29. The van der Waals surface area contributed by atoms with E-state index in [1.807, 2.05) is 0 Å². The Labute approximate surface area is 171 Å². The first kappa shape index (κ1) is 20.6. The van der Waals surface area contributed by atoms with Gasteiger partial charge in [0.15, 0.2) is 0 Å². The van der Waals surface area contributed by atoms with Crippen LogP contribution in [-0.2, 0) is 11.0 Å². The normalized spacial score (nSPS) is 11.2. The summed E-state index contributed by atoms with van der Waals surface area (Å²) in [5, 5.41) is 8.95. The molecule has 0 aliphatic heterocycles. The molecule has 0 aliphatic carbocycles. The molecule has 2 amide bonds. The van der Waals surface area contributed by atoms with Gasteiger partial charge in [-0.1, -0.05) is 0 Å². The van der Waals surface area contributed by atoms with Crippen LogP contribution in [0.25, 0.3) is 5.69 Å². The summed E-state index contributed by atoms with van der Waals surface area (Å²) in [7, 11) is 0. The van der Waals surface area contributed by atoms with Gasteiger partial charge in [-0.15, -0.1) is 0 Å². The van der Waals surface area contributed by atoms with E-state index in [4.69, 9.17) is 0 Å². The van der Waals surface area contributed by atoms with Crippen LogP contribution in [0.15, 0.2) is 59.3 Å². The van der Waals surface area contributed by atoms with Crippen LogP contribution in [0.2, 0.25) is 0 Å². The number of carbonyl (C=O) groups is 2. The summed E-state index contributed by atoms with van der Waals surface area (Å²) in [5.41, 5.74) is -0.102. The van der Waals surface area contributed by atoms with Crippen molar-refractivity contribution in [3.63, 3.8) is 0 Å². The Morgan fingerprint density at radius 3 is 2.28 bits per heavy atom. The lowest BCUT2D eigenvalue weighted by Crippen LogP contribution is -2.16. The van der Waals surface area contributed by atoms with Crippen LogP contribution in [0.1, 0.15) is 22.8 Å². The monoisotopic (exact) mass is 466 g/mol. The molecule has 150 valence electrons. The Bertz CT molecular complexity index is 1060. The second-order valence-electron chi connectivity index (χ2n) is 6.04. The van der Waals surface area contributed by atoms with E-state index in [0.717, 1.165) is 22.7 Å². The van der Waals surface area contributed by atoms with E-state index in [-0.39, 0.29) is 16.9 Å². The third-order valence-electron chi connectivity index (χ3n) is 3.85. The average Bonchev–Trinajstić information content (AvgIpc) is 3.08. The van der Waals surface area contributed by atoms with Gasteiger partial charge in [0.05, 0.1) is 33.3 Å². The first-order valence-corrected chi connectivity index (χ1v) is 9.03. The van der Waals surface area contributed by atoms with Gasteiger partial charge in [-0.25, -0.2) is 4.68 Å². The fourth-order valence-electron chi connectivity index (χ4n) is 2.52. The number of anilines is 2. The highest BCUT2D eigenvalue weighted by Crippen LogP contribution is 2.34. The quantitative estimate of drug-likeness (QED) is 0.576. The van der Waals surface area contributed by atoms with E-state index in [1.54, 1.807) is 29.2 Å². The van der Waals surface area contributed by atoms with Gasteiger partial charge in [0.25, 0.3) is 5.91 Å². The van der Waals surface area contributed by atoms with E-state index in [1.165, 1.54) is 19.1 Å². The molecule has 0 radical (unpaired) electrons. The zero-order chi connectivity index (χ0) is 21.2. The number of rotatable bonds is 4. The maximum Gasteiger partial charge on any atom is 0.416 e. The molecule has 0 atom stereocenters. The third-order valence-corrected chi connectivity index (χ3v) is 4.26. The second-order valence-corrected chi connectivity index (χ2v) is 6.96. The van der Waals surface area contributed by atoms with Gasteiger partial charge in [0, 0.05) is 18.7 Å². The predicted molar refractivity (Wildman–Crippen MR) is 105 cm³/mol. The van der Waals surface area contributed by atoms with Gasteiger partial charge >= 0.3 is 6.18 Å². The SMILES string of the molecule is CC(=O)Nc1ccc(C(F)(F)F)cc1NC(=O)c1ccc(-n2cc(Br)cn2)cc1. The largest absolute Gasteiger partial charge is 0.416 e. The Hall–Kier alpha value is -3.14. The number of nitrogens with zero attached hydrogens (tertiary/aromatic N) is 2. The van der Waals surface area contributed by atoms with Crippen molar-refractivity contribution in [1.82, 2.24) is 9.78 Å². The maximum absolute atomic E-state index is 13.0. The van der Waals surface area contributed by atoms with Crippen LogP contribution in [0.5, 0.6) is 0 Å². The van der Waals surface area contributed by atoms with Crippen molar-refractivity contribution < 1.29 is 22.8 Å². The van der Waals surface area contributed by atoms with Crippen molar-refractivity contribution in [1.29, 1.82) is 0 Å². The van der Waals surface area contributed by atoms with Crippen molar-refractivity contribution in [2.45, 2.75) is 13.1 Å². The number of alkyl halides is 3. The molecule has 1 heterocycles. The van der Waals surface area contributed by atoms with Crippen molar-refractivity contribution >= 4 is 39.1 Å². The molecular weight excluding hydrogens is 453 g/mol. The smallest absolute Gasteiger partial charge is 0.325 e. The Kier molecular flexibility index (Phi) is 5.73. The summed E-state index contributed by atoms with van der Waals surface area (Å²) in [6, 6.07) is 9.04. The average molecular weight is 467 g/mol. The van der Waals surface area contributed by atoms with Crippen LogP contribution in [0.4, 0.5) is 24.5 Å². The number of hydrogen-bond donors (Lipinski definition) is 2. The molecule has 0 saturated carbocycles. The summed E-state index contributed by atoms with van der Waals surface area (Å²) in [6.07, 6.45) is -1.25. The number of aromatic nitrogens is 2. The lowest BCUT2D eigenvalue weighted by Gasteiger charge is -2.15. The fraction of sp³-hybridized carbons (Fsp3) is 0.105. The number of hydrogen-bond acceptors (Lipinski definition) is 3. The molecule has 0 spiro atoms. The van der Waals surface area contributed by atoms with E-state index in [9.17, 15) is 22.8 Å². The summed E-state index contributed by atoms with van der Waals surface area (Å²) in [5.74, 6) is -1.10. The number of amides is 2. The zero-order valence-electron chi connectivity index (χ0n) is 14.9. The maximum atomic E-state index is 13.0. The number of nitrogens with one attached hydrogen (secondary N) is 2. The molecule has 0 unspecified atom stereocenters. The zero-order valence-corrected chi connectivity index (χ0v) is 16.5. The Morgan fingerprint density at radius 2 is 1.72 bits per heavy atom. The first-order valence-electron chi connectivity index (χ1n) is 8.24. The first-order chi connectivity index (χ1) is 13.6. The van der Waals surface area contributed by atoms with Crippen LogP contribution >= 0.6 is 15.9 Å². The van der Waals surface area contributed by atoms with E-state index in [0.29, 0.717) is 5.69 Å². The number of halogens is 4. The molecule has 0 bridgehead atoms. The molecule has 6 nitrogen and oxygen atoms in total. The van der Waals surface area contributed by atoms with Gasteiger partial charge in [-0.3, -0.25) is 9.59 Å². The highest BCUT2D eigenvalue weighted by molar-refractivity contribution is 9.10. The molecular formula is C19H14BrF3N4O2. The lowest BCUT2D eigenvalue weighted by molar-refractivity contribution is -0.137. The fourth-order valence-corrected chi connectivity index (χ4v) is 2.81. The molecule has 3 rings (SSSR count). The second kappa shape index (κ2) is 8.08. The number of benzene rings is 2. The molecule has 1 aromatic heterocycles. The van der Waals surface area contributed by atoms with E-state index in [2.05, 4.69) is 31.7 Å². The minimum atomic E-state index is -4.59. The van der Waals surface area contributed by atoms with Gasteiger partial charge in [-0.2, -0.15) is 18.3 Å². The minimum Gasteiger partial charge on any atom is -0.325 e. The number of carbonyl (C=O) groups excluding carboxylic acids is 2. The minimum absolute atomic E-state index is 0.0665. The standard InChI is InChI=1S/C19H14BrF3N4O2/c1-11(28)25-16-7-4-13(19(21,22)23)8-17(16)26-18(29)12-2-5-15(6-3-12)27-10-14(20)9-24-27/h2-10H,1H3,(H,25,28)(H,26,29). The van der Waals surface area contributed by atoms with Crippen LogP contribution < -0.4 is 10.6 Å². The molecule has 10 heteroatoms. The predicted octanol–water partition coefficient (Wildman–Crippen LogP) is 4.86.